The van der Waals surface area contributed by atoms with Crippen LogP contribution in [0.5, 0.6) is 0 Å². The van der Waals surface area contributed by atoms with Gasteiger partial charge in [0.25, 0.3) is 0 Å². The van der Waals surface area contributed by atoms with E-state index < -0.39 is 5.54 Å². The molecule has 16 heavy (non-hydrogen) atoms. The van der Waals surface area contributed by atoms with E-state index in [0.717, 1.165) is 12.8 Å². The van der Waals surface area contributed by atoms with Crippen LogP contribution in [-0.2, 0) is 9.53 Å². The van der Waals surface area contributed by atoms with Crippen molar-refractivity contribution in [3.63, 3.8) is 0 Å². The summed E-state index contributed by atoms with van der Waals surface area (Å²) in [6, 6.07) is 0.317. The fraction of sp³-hybridized carbons (Fsp3) is 0.917. The van der Waals surface area contributed by atoms with Crippen molar-refractivity contribution in [2.24, 2.45) is 11.7 Å². The number of carbonyl (C=O) groups excluding carboxylic acids is 1. The summed E-state index contributed by atoms with van der Waals surface area (Å²) in [5, 5.41) is 3.09. The fourth-order valence-corrected chi connectivity index (χ4v) is 2.65. The lowest BCUT2D eigenvalue weighted by Crippen LogP contribution is -2.57. The molecule has 4 nitrogen and oxygen atoms in total. The Morgan fingerprint density at radius 1 is 1.50 bits per heavy atom. The number of nitrogens with one attached hydrogen (secondary N) is 1. The summed E-state index contributed by atoms with van der Waals surface area (Å²) in [6.45, 7) is 3.21. The highest BCUT2D eigenvalue weighted by atomic mass is 16.5. The number of nitrogens with two attached hydrogens (primary N) is 1. The Bertz CT molecular complexity index is 262. The van der Waals surface area contributed by atoms with E-state index in [2.05, 4.69) is 12.2 Å². The highest BCUT2D eigenvalue weighted by Crippen LogP contribution is 2.24. The van der Waals surface area contributed by atoms with E-state index in [9.17, 15) is 4.79 Å². The normalized spacial score (nSPS) is 39.6. The lowest BCUT2D eigenvalue weighted by molar-refractivity contribution is -0.127. The number of amides is 1. The zero-order valence-corrected chi connectivity index (χ0v) is 10.00. The van der Waals surface area contributed by atoms with Crippen LogP contribution in [0.25, 0.3) is 0 Å². The fourth-order valence-electron chi connectivity index (χ4n) is 2.65. The predicted octanol–water partition coefficient (Wildman–Crippen LogP) is 0.799. The molecule has 3 unspecified atom stereocenters. The van der Waals surface area contributed by atoms with E-state index in [1.165, 1.54) is 12.8 Å². The first-order valence-corrected chi connectivity index (χ1v) is 6.28. The quantitative estimate of drug-likeness (QED) is 0.732. The van der Waals surface area contributed by atoms with Crippen LogP contribution in [0.1, 0.15) is 39.0 Å². The van der Waals surface area contributed by atoms with Gasteiger partial charge in [0.1, 0.15) is 5.54 Å². The number of hydrogen-bond acceptors (Lipinski definition) is 3. The van der Waals surface area contributed by atoms with Gasteiger partial charge in [-0.2, -0.15) is 0 Å². The van der Waals surface area contributed by atoms with Crippen LogP contribution < -0.4 is 11.1 Å². The molecule has 92 valence electrons. The van der Waals surface area contributed by atoms with Gasteiger partial charge in [-0.05, 0) is 25.2 Å². The topological polar surface area (TPSA) is 64.4 Å². The second-order valence-electron chi connectivity index (χ2n) is 5.40. The molecule has 3 atom stereocenters. The van der Waals surface area contributed by atoms with Gasteiger partial charge >= 0.3 is 0 Å². The van der Waals surface area contributed by atoms with Gasteiger partial charge < -0.3 is 15.8 Å². The first-order chi connectivity index (χ1) is 7.60. The minimum atomic E-state index is -0.777. The summed E-state index contributed by atoms with van der Waals surface area (Å²) in [4.78, 5) is 12.0. The van der Waals surface area contributed by atoms with Crippen molar-refractivity contribution in [1.29, 1.82) is 0 Å². The largest absolute Gasteiger partial charge is 0.379 e. The smallest absolute Gasteiger partial charge is 0.242 e. The first-order valence-electron chi connectivity index (χ1n) is 6.28. The Morgan fingerprint density at radius 2 is 2.31 bits per heavy atom. The van der Waals surface area contributed by atoms with Crippen LogP contribution >= 0.6 is 0 Å². The summed E-state index contributed by atoms with van der Waals surface area (Å²) in [6.07, 6.45) is 5.31. The van der Waals surface area contributed by atoms with Crippen molar-refractivity contribution in [3.8, 4) is 0 Å². The average Bonchev–Trinajstić information content (AvgIpc) is 2.66. The Balaban J connectivity index is 1.86. The molecule has 1 saturated carbocycles. The van der Waals surface area contributed by atoms with Crippen molar-refractivity contribution < 1.29 is 9.53 Å². The molecule has 1 saturated heterocycles. The van der Waals surface area contributed by atoms with Gasteiger partial charge in [-0.25, -0.2) is 0 Å². The Kier molecular flexibility index (Phi) is 3.50. The molecular weight excluding hydrogens is 204 g/mol. The Labute approximate surface area is 96.9 Å². The maximum Gasteiger partial charge on any atom is 0.242 e. The maximum absolute atomic E-state index is 12.0. The van der Waals surface area contributed by atoms with E-state index in [1.807, 2.05) is 0 Å². The number of carbonyl (C=O) groups is 1. The molecule has 0 aromatic carbocycles. The molecule has 3 N–H and O–H groups in total. The minimum absolute atomic E-state index is 0.0240. The van der Waals surface area contributed by atoms with Crippen LogP contribution in [0.4, 0.5) is 0 Å². The zero-order valence-electron chi connectivity index (χ0n) is 10.00. The molecule has 0 spiro atoms. The number of hydrogen-bond donors (Lipinski definition) is 2. The zero-order chi connectivity index (χ0) is 11.6. The molecule has 1 aliphatic heterocycles. The van der Waals surface area contributed by atoms with Gasteiger partial charge in [0.15, 0.2) is 0 Å². The molecule has 0 radical (unpaired) electrons. The molecule has 2 fully saturated rings. The standard InChI is InChI=1S/C12H22N2O2/c1-9-3-2-4-10(7-9)14-11(15)12(13)5-6-16-8-12/h9-10H,2-8,13H2,1H3,(H,14,15). The monoisotopic (exact) mass is 226 g/mol. The third kappa shape index (κ3) is 2.55. The molecule has 2 aliphatic rings. The summed E-state index contributed by atoms with van der Waals surface area (Å²) in [7, 11) is 0. The van der Waals surface area contributed by atoms with E-state index >= 15 is 0 Å². The number of rotatable bonds is 2. The summed E-state index contributed by atoms with van der Waals surface area (Å²) >= 11 is 0. The molecule has 0 bridgehead atoms. The van der Waals surface area contributed by atoms with E-state index in [-0.39, 0.29) is 5.91 Å². The molecular formula is C12H22N2O2. The molecule has 0 aromatic rings. The first kappa shape index (κ1) is 11.9. The molecule has 4 heteroatoms. The van der Waals surface area contributed by atoms with Crippen molar-refractivity contribution in [3.05, 3.63) is 0 Å². The van der Waals surface area contributed by atoms with E-state index in [4.69, 9.17) is 10.5 Å². The lowest BCUT2D eigenvalue weighted by Gasteiger charge is -2.30. The van der Waals surface area contributed by atoms with Gasteiger partial charge in [0.05, 0.1) is 6.61 Å². The Morgan fingerprint density at radius 3 is 2.94 bits per heavy atom. The van der Waals surface area contributed by atoms with Crippen molar-refractivity contribution in [2.45, 2.75) is 50.6 Å². The highest BCUT2D eigenvalue weighted by molar-refractivity contribution is 5.86. The molecule has 1 amide bonds. The van der Waals surface area contributed by atoms with Gasteiger partial charge in [-0.1, -0.05) is 19.8 Å². The van der Waals surface area contributed by atoms with Crippen molar-refractivity contribution in [2.75, 3.05) is 13.2 Å². The lowest BCUT2D eigenvalue weighted by atomic mass is 9.86. The van der Waals surface area contributed by atoms with E-state index in [0.29, 0.717) is 31.6 Å². The van der Waals surface area contributed by atoms with Crippen LogP contribution in [0.3, 0.4) is 0 Å². The minimum Gasteiger partial charge on any atom is -0.379 e. The second-order valence-corrected chi connectivity index (χ2v) is 5.40. The molecule has 1 aliphatic carbocycles. The van der Waals surface area contributed by atoms with Gasteiger partial charge in [-0.15, -0.1) is 0 Å². The maximum atomic E-state index is 12.0. The molecule has 0 aromatic heterocycles. The van der Waals surface area contributed by atoms with Gasteiger partial charge in [0.2, 0.25) is 5.91 Å². The van der Waals surface area contributed by atoms with Gasteiger partial charge in [-0.3, -0.25) is 4.79 Å². The van der Waals surface area contributed by atoms with Crippen LogP contribution in [0.15, 0.2) is 0 Å². The van der Waals surface area contributed by atoms with Crippen molar-refractivity contribution >= 4 is 5.91 Å². The third-order valence-electron chi connectivity index (χ3n) is 3.78. The summed E-state index contributed by atoms with van der Waals surface area (Å²) in [5.41, 5.74) is 5.24. The Hall–Kier alpha value is -0.610. The van der Waals surface area contributed by atoms with E-state index in [1.54, 1.807) is 0 Å². The summed E-state index contributed by atoms with van der Waals surface area (Å²) in [5.74, 6) is 0.691. The predicted molar refractivity (Wildman–Crippen MR) is 61.9 cm³/mol. The SMILES string of the molecule is CC1CCCC(NC(=O)C2(N)CCOC2)C1. The molecule has 1 heterocycles. The summed E-state index contributed by atoms with van der Waals surface area (Å²) < 4.78 is 5.21. The third-order valence-corrected chi connectivity index (χ3v) is 3.78. The highest BCUT2D eigenvalue weighted by Gasteiger charge is 2.39. The van der Waals surface area contributed by atoms with Crippen LogP contribution in [0.2, 0.25) is 0 Å². The van der Waals surface area contributed by atoms with Crippen molar-refractivity contribution in [1.82, 2.24) is 5.32 Å². The van der Waals surface area contributed by atoms with Crippen LogP contribution in [-0.4, -0.2) is 30.7 Å². The number of ether oxygens (including phenoxy) is 1. The average molecular weight is 226 g/mol. The molecule has 2 rings (SSSR count). The van der Waals surface area contributed by atoms with Gasteiger partial charge in [0, 0.05) is 12.6 Å². The van der Waals surface area contributed by atoms with Crippen LogP contribution in [0, 0.1) is 5.92 Å². The second kappa shape index (κ2) is 4.72.